The Morgan fingerprint density at radius 3 is 2.44 bits per heavy atom. The SMILES string of the molecule is CNCC1CCN(C(=O)CNS(=O)(=O)c2cccc(C(F)(F)F)c2)CC1.Cl. The van der Waals surface area contributed by atoms with Crippen molar-refractivity contribution >= 4 is 28.3 Å². The number of nitrogens with zero attached hydrogens (tertiary/aromatic N) is 1. The van der Waals surface area contributed by atoms with Gasteiger partial charge in [-0.2, -0.15) is 13.2 Å². The van der Waals surface area contributed by atoms with E-state index in [1.54, 1.807) is 4.90 Å². The zero-order valence-corrected chi connectivity index (χ0v) is 16.4. The van der Waals surface area contributed by atoms with Crippen LogP contribution in [0.25, 0.3) is 0 Å². The Labute approximate surface area is 163 Å². The summed E-state index contributed by atoms with van der Waals surface area (Å²) in [7, 11) is -2.34. The summed E-state index contributed by atoms with van der Waals surface area (Å²) in [5.74, 6) is 0.0920. The van der Waals surface area contributed by atoms with E-state index in [0.29, 0.717) is 25.1 Å². The van der Waals surface area contributed by atoms with Gasteiger partial charge in [0.2, 0.25) is 15.9 Å². The number of likely N-dealkylation sites (tertiary alicyclic amines) is 1. The van der Waals surface area contributed by atoms with Gasteiger partial charge in [-0.25, -0.2) is 13.1 Å². The minimum Gasteiger partial charge on any atom is -0.342 e. The second-order valence-electron chi connectivity index (χ2n) is 6.23. The van der Waals surface area contributed by atoms with Crippen molar-refractivity contribution in [3.05, 3.63) is 29.8 Å². The summed E-state index contributed by atoms with van der Waals surface area (Å²) in [6, 6.07) is 3.42. The van der Waals surface area contributed by atoms with Gasteiger partial charge in [0, 0.05) is 13.1 Å². The summed E-state index contributed by atoms with van der Waals surface area (Å²) >= 11 is 0. The fourth-order valence-corrected chi connectivity index (χ4v) is 3.89. The summed E-state index contributed by atoms with van der Waals surface area (Å²) < 4.78 is 64.6. The molecule has 1 fully saturated rings. The molecule has 2 rings (SSSR count). The van der Waals surface area contributed by atoms with Gasteiger partial charge >= 0.3 is 6.18 Å². The normalized spacial score (nSPS) is 16.1. The van der Waals surface area contributed by atoms with Crippen LogP contribution in [0.15, 0.2) is 29.2 Å². The predicted octanol–water partition coefficient (Wildman–Crippen LogP) is 1.86. The first-order chi connectivity index (χ1) is 12.1. The molecule has 0 aromatic heterocycles. The highest BCUT2D eigenvalue weighted by atomic mass is 35.5. The van der Waals surface area contributed by atoms with Gasteiger partial charge in [-0.3, -0.25) is 4.79 Å². The maximum absolute atomic E-state index is 12.7. The van der Waals surface area contributed by atoms with Crippen LogP contribution in [-0.2, 0) is 21.0 Å². The van der Waals surface area contributed by atoms with E-state index in [9.17, 15) is 26.4 Å². The highest BCUT2D eigenvalue weighted by molar-refractivity contribution is 7.89. The van der Waals surface area contributed by atoms with E-state index in [1.807, 2.05) is 7.05 Å². The van der Waals surface area contributed by atoms with Gasteiger partial charge in [0.05, 0.1) is 17.0 Å². The molecule has 1 aromatic rings. The maximum Gasteiger partial charge on any atom is 0.416 e. The maximum atomic E-state index is 12.7. The quantitative estimate of drug-likeness (QED) is 0.723. The number of rotatable bonds is 6. The van der Waals surface area contributed by atoms with Crippen molar-refractivity contribution in [2.75, 3.05) is 33.2 Å². The summed E-state index contributed by atoms with van der Waals surface area (Å²) in [6.45, 7) is 1.46. The summed E-state index contributed by atoms with van der Waals surface area (Å²) in [5.41, 5.74) is -1.06. The van der Waals surface area contributed by atoms with Crippen LogP contribution in [0.4, 0.5) is 13.2 Å². The fourth-order valence-electron chi connectivity index (χ4n) is 2.87. The summed E-state index contributed by atoms with van der Waals surface area (Å²) in [6.07, 6.45) is -2.99. The zero-order valence-electron chi connectivity index (χ0n) is 14.8. The zero-order chi connectivity index (χ0) is 19.4. The lowest BCUT2D eigenvalue weighted by molar-refractivity contribution is -0.137. The van der Waals surface area contributed by atoms with Gasteiger partial charge in [0.1, 0.15) is 0 Å². The molecule has 0 saturated carbocycles. The van der Waals surface area contributed by atoms with E-state index in [-0.39, 0.29) is 18.3 Å². The summed E-state index contributed by atoms with van der Waals surface area (Å²) in [4.78, 5) is 13.2. The molecular weight excluding hydrogens is 407 g/mol. The number of carbonyl (C=O) groups is 1. The lowest BCUT2D eigenvalue weighted by Gasteiger charge is -2.32. The third-order valence-electron chi connectivity index (χ3n) is 4.35. The van der Waals surface area contributed by atoms with Crippen LogP contribution in [0.2, 0.25) is 0 Å². The molecule has 1 aromatic carbocycles. The molecule has 1 aliphatic rings. The average molecular weight is 430 g/mol. The molecule has 27 heavy (non-hydrogen) atoms. The van der Waals surface area contributed by atoms with Crippen LogP contribution >= 0.6 is 12.4 Å². The monoisotopic (exact) mass is 429 g/mol. The second kappa shape index (κ2) is 9.72. The third kappa shape index (κ3) is 6.63. The van der Waals surface area contributed by atoms with Crippen molar-refractivity contribution in [1.29, 1.82) is 0 Å². The van der Waals surface area contributed by atoms with Crippen molar-refractivity contribution in [2.24, 2.45) is 5.92 Å². The molecule has 2 N–H and O–H groups in total. The van der Waals surface area contributed by atoms with E-state index in [0.717, 1.165) is 37.6 Å². The van der Waals surface area contributed by atoms with Gasteiger partial charge in [0.15, 0.2) is 0 Å². The van der Waals surface area contributed by atoms with E-state index in [1.165, 1.54) is 0 Å². The number of piperidine rings is 1. The molecule has 0 atom stereocenters. The Kier molecular flexibility index (Phi) is 8.52. The van der Waals surface area contributed by atoms with Crippen LogP contribution in [0.5, 0.6) is 0 Å². The molecule has 6 nitrogen and oxygen atoms in total. The van der Waals surface area contributed by atoms with Crippen LogP contribution in [0.3, 0.4) is 0 Å². The Morgan fingerprint density at radius 1 is 1.26 bits per heavy atom. The molecule has 1 heterocycles. The van der Waals surface area contributed by atoms with Gasteiger partial charge in [-0.15, -0.1) is 12.4 Å². The Bertz CT molecular complexity index is 736. The van der Waals surface area contributed by atoms with Gasteiger partial charge in [-0.05, 0) is 50.6 Å². The molecule has 0 radical (unpaired) electrons. The Balaban J connectivity index is 0.00000364. The molecule has 1 saturated heterocycles. The number of halogens is 4. The first-order valence-corrected chi connectivity index (χ1v) is 9.71. The van der Waals surface area contributed by atoms with Crippen LogP contribution in [-0.4, -0.2) is 52.5 Å². The summed E-state index contributed by atoms with van der Waals surface area (Å²) in [5, 5.41) is 3.08. The molecule has 0 aliphatic carbocycles. The molecule has 0 unspecified atom stereocenters. The standard InChI is InChI=1S/C16H22F3N3O3S.ClH/c1-20-10-12-5-7-22(8-6-12)15(23)11-21-26(24,25)14-4-2-3-13(9-14)16(17,18)19;/h2-4,9,12,20-21H,5-8,10-11H2,1H3;1H. The first-order valence-electron chi connectivity index (χ1n) is 8.23. The molecule has 1 aliphatic heterocycles. The Hall–Kier alpha value is -1.36. The van der Waals surface area contributed by atoms with Crippen LogP contribution in [0, 0.1) is 5.92 Å². The number of sulfonamides is 1. The minimum absolute atomic E-state index is 0. The van der Waals surface area contributed by atoms with E-state index >= 15 is 0 Å². The highest BCUT2D eigenvalue weighted by Crippen LogP contribution is 2.30. The number of nitrogens with one attached hydrogen (secondary N) is 2. The van der Waals surface area contributed by atoms with Crippen molar-refractivity contribution in [3.63, 3.8) is 0 Å². The van der Waals surface area contributed by atoms with Crippen LogP contribution < -0.4 is 10.0 Å². The Morgan fingerprint density at radius 2 is 1.89 bits per heavy atom. The number of benzene rings is 1. The smallest absolute Gasteiger partial charge is 0.342 e. The van der Waals surface area contributed by atoms with Crippen molar-refractivity contribution in [3.8, 4) is 0 Å². The van der Waals surface area contributed by atoms with Crippen LogP contribution in [0.1, 0.15) is 18.4 Å². The number of carbonyl (C=O) groups excluding carboxylic acids is 1. The number of hydrogen-bond acceptors (Lipinski definition) is 4. The van der Waals surface area contributed by atoms with Crippen molar-refractivity contribution in [2.45, 2.75) is 23.9 Å². The lowest BCUT2D eigenvalue weighted by atomic mass is 9.97. The number of alkyl halides is 3. The second-order valence-corrected chi connectivity index (χ2v) is 8.00. The molecule has 0 spiro atoms. The number of amides is 1. The van der Waals surface area contributed by atoms with Gasteiger partial charge < -0.3 is 10.2 Å². The molecule has 154 valence electrons. The molecule has 1 amide bonds. The predicted molar refractivity (Wildman–Crippen MR) is 97.1 cm³/mol. The van der Waals surface area contributed by atoms with Gasteiger partial charge in [0.25, 0.3) is 0 Å². The lowest BCUT2D eigenvalue weighted by Crippen LogP contribution is -2.45. The third-order valence-corrected chi connectivity index (χ3v) is 5.74. The molecular formula is C16H23ClF3N3O3S. The van der Waals surface area contributed by atoms with Crippen molar-refractivity contribution in [1.82, 2.24) is 14.9 Å². The van der Waals surface area contributed by atoms with E-state index < -0.39 is 33.2 Å². The van der Waals surface area contributed by atoms with E-state index in [4.69, 9.17) is 0 Å². The minimum atomic E-state index is -4.64. The topological polar surface area (TPSA) is 78.5 Å². The van der Waals surface area contributed by atoms with E-state index in [2.05, 4.69) is 10.0 Å². The first kappa shape index (κ1) is 23.7. The van der Waals surface area contributed by atoms with Gasteiger partial charge in [-0.1, -0.05) is 6.07 Å². The highest BCUT2D eigenvalue weighted by Gasteiger charge is 2.32. The van der Waals surface area contributed by atoms with Crippen molar-refractivity contribution < 1.29 is 26.4 Å². The average Bonchev–Trinajstić information content (AvgIpc) is 2.60. The number of hydrogen-bond donors (Lipinski definition) is 2. The fraction of sp³-hybridized carbons (Fsp3) is 0.562. The molecule has 0 bridgehead atoms. The largest absolute Gasteiger partial charge is 0.416 e. The molecule has 11 heteroatoms.